The molecule has 0 N–H and O–H groups in total. The fraction of sp³-hybridized carbons (Fsp3) is 0.120. The summed E-state index contributed by atoms with van der Waals surface area (Å²) in [4.78, 5) is 29.2. The van der Waals surface area contributed by atoms with E-state index in [1.807, 2.05) is 72.8 Å². The predicted octanol–water partition coefficient (Wildman–Crippen LogP) is 7.16. The Morgan fingerprint density at radius 3 is 2.39 bits per heavy atom. The van der Waals surface area contributed by atoms with E-state index in [-0.39, 0.29) is 11.1 Å². The number of halogens is 1. The van der Waals surface area contributed by atoms with E-state index in [9.17, 15) is 9.59 Å². The first-order valence-corrected chi connectivity index (χ1v) is 11.9. The van der Waals surface area contributed by atoms with Gasteiger partial charge in [-0.25, -0.2) is 0 Å². The smallest absolute Gasteiger partial charge is 0.268 e. The summed E-state index contributed by atoms with van der Waals surface area (Å²) in [5.74, 6) is -0.214. The number of rotatable bonds is 7. The zero-order valence-corrected chi connectivity index (χ0v) is 19.1. The van der Waals surface area contributed by atoms with Crippen molar-refractivity contribution in [3.63, 3.8) is 0 Å². The number of thioether (sulfide) groups is 1. The van der Waals surface area contributed by atoms with Crippen LogP contribution >= 0.6 is 35.1 Å². The lowest BCUT2D eigenvalue weighted by atomic mass is 10.1. The molecule has 1 heterocycles. The number of nitrogens with zero attached hydrogens (tertiary/aromatic N) is 1. The number of hydrogen-bond donors (Lipinski definition) is 0. The van der Waals surface area contributed by atoms with Gasteiger partial charge in [-0.15, -0.1) is 0 Å². The summed E-state index contributed by atoms with van der Waals surface area (Å²) in [7, 11) is 0. The van der Waals surface area contributed by atoms with Crippen LogP contribution in [0.4, 0.5) is 4.79 Å². The molecule has 0 radical (unpaired) electrons. The Labute approximate surface area is 195 Å². The monoisotopic (exact) mass is 465 g/mol. The van der Waals surface area contributed by atoms with Crippen LogP contribution in [-0.4, -0.2) is 22.6 Å². The van der Waals surface area contributed by atoms with Crippen molar-refractivity contribution in [2.75, 3.05) is 6.54 Å². The quantitative estimate of drug-likeness (QED) is 0.347. The number of aryl methyl sites for hydroxylation is 1. The van der Waals surface area contributed by atoms with Gasteiger partial charge in [0.1, 0.15) is 0 Å². The van der Waals surface area contributed by atoms with Crippen LogP contribution < -0.4 is 0 Å². The van der Waals surface area contributed by atoms with Gasteiger partial charge in [0.2, 0.25) is 0 Å². The standard InChI is InChI=1S/C25H20ClNO2S2/c26-20-12-14-21(15-13-20)30-22-11-5-4-10-19(22)17-23-24(28)27(25(29)31-23)16-6-9-18-7-2-1-3-8-18/h1-5,7-8,10-15,17H,6,9,16H2/b23-17-. The molecule has 0 atom stereocenters. The molecule has 1 aliphatic heterocycles. The highest BCUT2D eigenvalue weighted by Gasteiger charge is 2.34. The molecule has 0 spiro atoms. The Morgan fingerprint density at radius 2 is 1.61 bits per heavy atom. The third-order valence-electron chi connectivity index (χ3n) is 4.81. The van der Waals surface area contributed by atoms with Gasteiger partial charge >= 0.3 is 0 Å². The van der Waals surface area contributed by atoms with Crippen LogP contribution in [0.1, 0.15) is 17.5 Å². The SMILES string of the molecule is O=C1S/C(=C\c2ccccc2Sc2ccc(Cl)cc2)C(=O)N1CCCc1ccccc1. The Kier molecular flexibility index (Phi) is 7.17. The van der Waals surface area contributed by atoms with Gasteiger partial charge in [0.05, 0.1) is 4.91 Å². The molecule has 3 aromatic rings. The van der Waals surface area contributed by atoms with Crippen molar-refractivity contribution >= 4 is 52.3 Å². The Bertz CT molecular complexity index is 1110. The van der Waals surface area contributed by atoms with Crippen LogP contribution in [-0.2, 0) is 11.2 Å². The van der Waals surface area contributed by atoms with E-state index in [1.165, 1.54) is 10.5 Å². The van der Waals surface area contributed by atoms with Gasteiger partial charge in [0, 0.05) is 21.4 Å². The molecule has 31 heavy (non-hydrogen) atoms. The summed E-state index contributed by atoms with van der Waals surface area (Å²) in [5.41, 5.74) is 2.12. The van der Waals surface area contributed by atoms with Gasteiger partial charge in [0.15, 0.2) is 0 Å². The van der Waals surface area contributed by atoms with Gasteiger partial charge in [-0.3, -0.25) is 14.5 Å². The first-order valence-electron chi connectivity index (χ1n) is 9.92. The molecule has 0 aliphatic carbocycles. The summed E-state index contributed by atoms with van der Waals surface area (Å²) in [5, 5.41) is 0.491. The van der Waals surface area contributed by atoms with Crippen LogP contribution in [0.2, 0.25) is 5.02 Å². The predicted molar refractivity (Wildman–Crippen MR) is 129 cm³/mol. The third kappa shape index (κ3) is 5.62. The zero-order valence-electron chi connectivity index (χ0n) is 16.7. The molecule has 2 amide bonds. The molecular formula is C25H20ClNO2S2. The molecule has 0 saturated carbocycles. The lowest BCUT2D eigenvalue weighted by Gasteiger charge is -2.12. The van der Waals surface area contributed by atoms with Crippen molar-refractivity contribution < 1.29 is 9.59 Å². The van der Waals surface area contributed by atoms with Crippen molar-refractivity contribution in [3.05, 3.63) is 99.9 Å². The first kappa shape index (κ1) is 21.8. The fourth-order valence-corrected chi connectivity index (χ4v) is 5.14. The van der Waals surface area contributed by atoms with E-state index in [2.05, 4.69) is 12.1 Å². The second kappa shape index (κ2) is 10.2. The Hall–Kier alpha value is -2.47. The largest absolute Gasteiger partial charge is 0.293 e. The van der Waals surface area contributed by atoms with Gasteiger partial charge in [-0.05, 0) is 72.1 Å². The summed E-state index contributed by atoms with van der Waals surface area (Å²) in [6.07, 6.45) is 3.40. The van der Waals surface area contributed by atoms with Crippen LogP contribution in [0.25, 0.3) is 6.08 Å². The number of carbonyl (C=O) groups excluding carboxylic acids is 2. The molecule has 0 bridgehead atoms. The summed E-state index contributed by atoms with van der Waals surface area (Å²) in [6.45, 7) is 0.429. The topological polar surface area (TPSA) is 37.4 Å². The lowest BCUT2D eigenvalue weighted by molar-refractivity contribution is -0.122. The van der Waals surface area contributed by atoms with Crippen molar-refractivity contribution in [3.8, 4) is 0 Å². The highest BCUT2D eigenvalue weighted by atomic mass is 35.5. The molecule has 1 saturated heterocycles. The molecule has 3 nitrogen and oxygen atoms in total. The Balaban J connectivity index is 1.46. The van der Waals surface area contributed by atoms with Crippen molar-refractivity contribution in [1.29, 1.82) is 0 Å². The maximum atomic E-state index is 12.9. The first-order chi connectivity index (χ1) is 15.1. The van der Waals surface area contributed by atoms with Crippen molar-refractivity contribution in [2.45, 2.75) is 22.6 Å². The van der Waals surface area contributed by atoms with Gasteiger partial charge in [-0.2, -0.15) is 0 Å². The maximum absolute atomic E-state index is 12.9. The molecule has 6 heteroatoms. The number of amides is 2. The van der Waals surface area contributed by atoms with Crippen LogP contribution in [0.5, 0.6) is 0 Å². The normalized spacial score (nSPS) is 15.1. The highest BCUT2D eigenvalue weighted by Crippen LogP contribution is 2.36. The molecule has 1 aliphatic rings. The van der Waals surface area contributed by atoms with E-state index in [1.54, 1.807) is 11.8 Å². The second-order valence-corrected chi connectivity index (χ2v) is 9.56. The number of hydrogen-bond acceptors (Lipinski definition) is 4. The van der Waals surface area contributed by atoms with Gasteiger partial charge < -0.3 is 0 Å². The molecule has 156 valence electrons. The minimum absolute atomic E-state index is 0.202. The van der Waals surface area contributed by atoms with E-state index in [4.69, 9.17) is 11.6 Å². The minimum Gasteiger partial charge on any atom is -0.268 e. The van der Waals surface area contributed by atoms with Crippen molar-refractivity contribution in [1.82, 2.24) is 4.90 Å². The fourth-order valence-electron chi connectivity index (χ4n) is 3.24. The number of carbonyl (C=O) groups is 2. The average Bonchev–Trinajstić information content (AvgIpc) is 3.05. The second-order valence-electron chi connectivity index (χ2n) is 7.02. The molecule has 4 rings (SSSR count). The summed E-state index contributed by atoms with van der Waals surface area (Å²) < 4.78 is 0. The summed E-state index contributed by atoms with van der Waals surface area (Å²) >= 11 is 8.59. The molecule has 0 aromatic heterocycles. The maximum Gasteiger partial charge on any atom is 0.293 e. The molecule has 0 unspecified atom stereocenters. The van der Waals surface area contributed by atoms with E-state index >= 15 is 0 Å². The molecule has 3 aromatic carbocycles. The van der Waals surface area contributed by atoms with Crippen LogP contribution in [0, 0.1) is 0 Å². The van der Waals surface area contributed by atoms with E-state index in [0.29, 0.717) is 16.5 Å². The van der Waals surface area contributed by atoms with E-state index < -0.39 is 0 Å². The Morgan fingerprint density at radius 1 is 0.903 bits per heavy atom. The van der Waals surface area contributed by atoms with Crippen LogP contribution in [0.15, 0.2) is 93.6 Å². The lowest BCUT2D eigenvalue weighted by Crippen LogP contribution is -2.29. The van der Waals surface area contributed by atoms with Crippen LogP contribution in [0.3, 0.4) is 0 Å². The zero-order chi connectivity index (χ0) is 21.6. The summed E-state index contributed by atoms with van der Waals surface area (Å²) in [6, 6.07) is 25.6. The molecule has 1 fully saturated rings. The molecular weight excluding hydrogens is 446 g/mol. The third-order valence-corrected chi connectivity index (χ3v) is 7.07. The number of benzene rings is 3. The van der Waals surface area contributed by atoms with Gasteiger partial charge in [-0.1, -0.05) is 71.9 Å². The highest BCUT2D eigenvalue weighted by molar-refractivity contribution is 8.18. The average molecular weight is 466 g/mol. The van der Waals surface area contributed by atoms with E-state index in [0.717, 1.165) is 40.0 Å². The number of imide groups is 1. The van der Waals surface area contributed by atoms with Crippen molar-refractivity contribution in [2.24, 2.45) is 0 Å². The van der Waals surface area contributed by atoms with Gasteiger partial charge in [0.25, 0.3) is 11.1 Å². The minimum atomic E-state index is -0.214.